The van der Waals surface area contributed by atoms with Crippen molar-refractivity contribution in [3.05, 3.63) is 17.0 Å². The van der Waals surface area contributed by atoms with Gasteiger partial charge in [-0.2, -0.15) is 5.10 Å². The minimum Gasteiger partial charge on any atom is -0.478 e. The summed E-state index contributed by atoms with van der Waals surface area (Å²) in [6, 6.07) is 0. The summed E-state index contributed by atoms with van der Waals surface area (Å²) >= 11 is 0. The molecule has 1 aromatic heterocycles. The average molecular weight is 184 g/mol. The first kappa shape index (κ1) is 9.73. The lowest BCUT2D eigenvalue weighted by Crippen LogP contribution is -2.07. The number of aromatic nitrogens is 2. The van der Waals surface area contributed by atoms with Crippen LogP contribution in [-0.4, -0.2) is 32.6 Å². The molecule has 1 aromatic rings. The van der Waals surface area contributed by atoms with Crippen LogP contribution in [0, 0.1) is 13.8 Å². The summed E-state index contributed by atoms with van der Waals surface area (Å²) in [7, 11) is 0. The fraction of sp³-hybridized carbons (Fsp3) is 0.500. The summed E-state index contributed by atoms with van der Waals surface area (Å²) in [5.41, 5.74) is 1.30. The van der Waals surface area contributed by atoms with Gasteiger partial charge >= 0.3 is 5.97 Å². The Balaban J connectivity index is 3.14. The molecule has 72 valence electrons. The summed E-state index contributed by atoms with van der Waals surface area (Å²) in [6.07, 6.45) is 0. The lowest BCUT2D eigenvalue weighted by molar-refractivity contribution is 0.0695. The van der Waals surface area contributed by atoms with Crippen molar-refractivity contribution in [2.45, 2.75) is 20.4 Å². The zero-order valence-corrected chi connectivity index (χ0v) is 7.61. The van der Waals surface area contributed by atoms with Crippen LogP contribution >= 0.6 is 0 Å². The first-order valence-electron chi connectivity index (χ1n) is 3.96. The summed E-state index contributed by atoms with van der Waals surface area (Å²) in [5.74, 6) is -0.973. The highest BCUT2D eigenvalue weighted by atomic mass is 16.4. The van der Waals surface area contributed by atoms with Crippen molar-refractivity contribution in [2.75, 3.05) is 6.61 Å². The van der Waals surface area contributed by atoms with Gasteiger partial charge in [0, 0.05) is 0 Å². The summed E-state index contributed by atoms with van der Waals surface area (Å²) in [6.45, 7) is 3.62. The third-order valence-corrected chi connectivity index (χ3v) is 1.91. The lowest BCUT2D eigenvalue weighted by Gasteiger charge is -2.00. The molecule has 0 spiro atoms. The molecular formula is C8H12N2O3. The van der Waals surface area contributed by atoms with E-state index in [4.69, 9.17) is 10.2 Å². The largest absolute Gasteiger partial charge is 0.478 e. The highest BCUT2D eigenvalue weighted by Crippen LogP contribution is 2.12. The Morgan fingerprint density at radius 2 is 2.15 bits per heavy atom. The zero-order valence-electron chi connectivity index (χ0n) is 7.61. The molecule has 0 aliphatic heterocycles. The fourth-order valence-corrected chi connectivity index (χ4v) is 1.32. The minimum absolute atomic E-state index is 0.0407. The molecule has 13 heavy (non-hydrogen) atoms. The highest BCUT2D eigenvalue weighted by Gasteiger charge is 2.16. The van der Waals surface area contributed by atoms with Crippen LogP contribution in [0.15, 0.2) is 0 Å². The van der Waals surface area contributed by atoms with E-state index in [1.807, 2.05) is 0 Å². The Labute approximate surface area is 75.6 Å². The first-order valence-corrected chi connectivity index (χ1v) is 3.96. The van der Waals surface area contributed by atoms with Crippen LogP contribution in [0.25, 0.3) is 0 Å². The maximum Gasteiger partial charge on any atom is 0.339 e. The normalized spacial score (nSPS) is 10.4. The predicted octanol–water partition coefficient (Wildman–Crippen LogP) is 0.190. The van der Waals surface area contributed by atoms with Crippen molar-refractivity contribution >= 4 is 5.97 Å². The van der Waals surface area contributed by atoms with Crippen LogP contribution < -0.4 is 0 Å². The van der Waals surface area contributed by atoms with E-state index in [-0.39, 0.29) is 12.2 Å². The molecule has 5 heteroatoms. The topological polar surface area (TPSA) is 75.3 Å². The number of carboxylic acids is 1. The Hall–Kier alpha value is -1.36. The van der Waals surface area contributed by atoms with E-state index in [0.717, 1.165) is 0 Å². The molecule has 1 heterocycles. The number of nitrogens with zero attached hydrogens (tertiary/aromatic N) is 2. The summed E-state index contributed by atoms with van der Waals surface area (Å²) in [4.78, 5) is 10.7. The molecule has 0 saturated carbocycles. The summed E-state index contributed by atoms with van der Waals surface area (Å²) < 4.78 is 1.50. The van der Waals surface area contributed by atoms with E-state index in [1.165, 1.54) is 4.68 Å². The van der Waals surface area contributed by atoms with Crippen LogP contribution in [-0.2, 0) is 6.54 Å². The third-order valence-electron chi connectivity index (χ3n) is 1.91. The molecule has 0 saturated heterocycles. The van der Waals surface area contributed by atoms with E-state index >= 15 is 0 Å². The van der Waals surface area contributed by atoms with Crippen molar-refractivity contribution in [3.63, 3.8) is 0 Å². The van der Waals surface area contributed by atoms with Crippen LogP contribution in [0.5, 0.6) is 0 Å². The zero-order chi connectivity index (χ0) is 10.0. The van der Waals surface area contributed by atoms with Gasteiger partial charge in [-0.15, -0.1) is 0 Å². The van der Waals surface area contributed by atoms with Gasteiger partial charge in [-0.25, -0.2) is 4.79 Å². The van der Waals surface area contributed by atoms with Gasteiger partial charge in [-0.3, -0.25) is 4.68 Å². The second-order valence-electron chi connectivity index (χ2n) is 2.80. The standard InChI is InChI=1S/C8H12N2O3/c1-5-7(8(12)13)6(2)10(9-5)3-4-11/h11H,3-4H2,1-2H3,(H,12,13). The highest BCUT2D eigenvalue weighted by molar-refractivity contribution is 5.90. The molecule has 2 N–H and O–H groups in total. The van der Waals surface area contributed by atoms with Crippen molar-refractivity contribution in [1.82, 2.24) is 9.78 Å². The second kappa shape index (κ2) is 3.57. The number of aliphatic hydroxyl groups is 1. The smallest absolute Gasteiger partial charge is 0.339 e. The van der Waals surface area contributed by atoms with Crippen molar-refractivity contribution in [2.24, 2.45) is 0 Å². The average Bonchev–Trinajstić information content (AvgIpc) is 2.28. The number of carboxylic acid groups (broad SMARTS) is 1. The van der Waals surface area contributed by atoms with E-state index in [2.05, 4.69) is 5.10 Å². The summed E-state index contributed by atoms with van der Waals surface area (Å²) in [5, 5.41) is 21.5. The molecule has 0 amide bonds. The number of rotatable bonds is 3. The molecule has 0 fully saturated rings. The van der Waals surface area contributed by atoms with Crippen molar-refractivity contribution in [3.8, 4) is 0 Å². The molecule has 0 unspecified atom stereocenters. The van der Waals surface area contributed by atoms with Gasteiger partial charge in [-0.05, 0) is 13.8 Å². The van der Waals surface area contributed by atoms with Gasteiger partial charge in [0.05, 0.1) is 24.5 Å². The van der Waals surface area contributed by atoms with Crippen LogP contribution in [0.2, 0.25) is 0 Å². The first-order chi connectivity index (χ1) is 6.07. The Morgan fingerprint density at radius 3 is 2.54 bits per heavy atom. The molecule has 1 rings (SSSR count). The van der Waals surface area contributed by atoms with Crippen LogP contribution in [0.3, 0.4) is 0 Å². The number of aromatic carboxylic acids is 1. The van der Waals surface area contributed by atoms with Gasteiger partial charge in [-0.1, -0.05) is 0 Å². The van der Waals surface area contributed by atoms with Crippen LogP contribution in [0.4, 0.5) is 0 Å². The molecular weight excluding hydrogens is 172 g/mol. The molecule has 0 aliphatic carbocycles. The molecule has 0 aromatic carbocycles. The SMILES string of the molecule is Cc1nn(CCO)c(C)c1C(=O)O. The van der Waals surface area contributed by atoms with Gasteiger partial charge < -0.3 is 10.2 Å². The third kappa shape index (κ3) is 1.70. The minimum atomic E-state index is -0.973. The number of hydrogen-bond acceptors (Lipinski definition) is 3. The Kier molecular flexibility index (Phi) is 2.67. The lowest BCUT2D eigenvalue weighted by atomic mass is 10.2. The molecule has 0 radical (unpaired) electrons. The van der Waals surface area contributed by atoms with Gasteiger partial charge in [0.25, 0.3) is 0 Å². The van der Waals surface area contributed by atoms with Gasteiger partial charge in [0.1, 0.15) is 5.56 Å². The predicted molar refractivity (Wildman–Crippen MR) is 45.7 cm³/mol. The van der Waals surface area contributed by atoms with E-state index in [9.17, 15) is 4.79 Å². The second-order valence-corrected chi connectivity index (χ2v) is 2.80. The quantitative estimate of drug-likeness (QED) is 0.703. The van der Waals surface area contributed by atoms with E-state index in [0.29, 0.717) is 17.9 Å². The van der Waals surface area contributed by atoms with Gasteiger partial charge in [0.15, 0.2) is 0 Å². The van der Waals surface area contributed by atoms with E-state index < -0.39 is 5.97 Å². The number of hydrogen-bond donors (Lipinski definition) is 2. The Bertz CT molecular complexity index is 330. The Morgan fingerprint density at radius 1 is 1.54 bits per heavy atom. The molecule has 0 bridgehead atoms. The van der Waals surface area contributed by atoms with Gasteiger partial charge in [0.2, 0.25) is 0 Å². The fourth-order valence-electron chi connectivity index (χ4n) is 1.32. The monoisotopic (exact) mass is 184 g/mol. The van der Waals surface area contributed by atoms with E-state index in [1.54, 1.807) is 13.8 Å². The number of carbonyl (C=O) groups is 1. The number of aryl methyl sites for hydroxylation is 1. The van der Waals surface area contributed by atoms with Crippen molar-refractivity contribution in [1.29, 1.82) is 0 Å². The van der Waals surface area contributed by atoms with Crippen molar-refractivity contribution < 1.29 is 15.0 Å². The van der Waals surface area contributed by atoms with Crippen LogP contribution in [0.1, 0.15) is 21.7 Å². The molecule has 0 atom stereocenters. The molecule has 0 aliphatic rings. The number of aliphatic hydroxyl groups excluding tert-OH is 1. The maximum atomic E-state index is 10.7. The maximum absolute atomic E-state index is 10.7. The molecule has 5 nitrogen and oxygen atoms in total.